The lowest BCUT2D eigenvalue weighted by Gasteiger charge is -2.25. The second kappa shape index (κ2) is 5.71. The lowest BCUT2D eigenvalue weighted by molar-refractivity contribution is 0.199. The van der Waals surface area contributed by atoms with Crippen molar-refractivity contribution in [3.8, 4) is 0 Å². The summed E-state index contributed by atoms with van der Waals surface area (Å²) in [6.45, 7) is 7.89. The van der Waals surface area contributed by atoms with Crippen molar-refractivity contribution in [1.82, 2.24) is 0 Å². The molecule has 1 atom stereocenters. The van der Waals surface area contributed by atoms with Crippen LogP contribution >= 0.6 is 11.8 Å². The molecule has 4 heteroatoms. The van der Waals surface area contributed by atoms with Gasteiger partial charge in [-0.2, -0.15) is 11.8 Å². The van der Waals surface area contributed by atoms with Gasteiger partial charge in [-0.15, -0.1) is 0 Å². The van der Waals surface area contributed by atoms with Crippen molar-refractivity contribution in [2.75, 3.05) is 23.7 Å². The van der Waals surface area contributed by atoms with Gasteiger partial charge in [0, 0.05) is 23.6 Å². The van der Waals surface area contributed by atoms with Crippen LogP contribution in [0.15, 0.2) is 18.2 Å². The molecule has 0 bridgehead atoms. The van der Waals surface area contributed by atoms with E-state index in [-0.39, 0.29) is 10.6 Å². The molecule has 0 aliphatic carbocycles. The van der Waals surface area contributed by atoms with Gasteiger partial charge in [-0.25, -0.2) is 4.39 Å². The van der Waals surface area contributed by atoms with Gasteiger partial charge in [-0.1, -0.05) is 19.9 Å². The van der Waals surface area contributed by atoms with E-state index in [4.69, 9.17) is 0 Å². The molecule has 1 heterocycles. The highest BCUT2D eigenvalue weighted by Crippen LogP contribution is 2.33. The highest BCUT2D eigenvalue weighted by molar-refractivity contribution is 8.00. The average molecular weight is 283 g/mol. The number of anilines is 1. The van der Waals surface area contributed by atoms with Crippen molar-refractivity contribution in [3.05, 3.63) is 29.6 Å². The van der Waals surface area contributed by atoms with Crippen LogP contribution in [0.5, 0.6) is 0 Å². The van der Waals surface area contributed by atoms with Gasteiger partial charge in [0.2, 0.25) is 0 Å². The van der Waals surface area contributed by atoms with Crippen molar-refractivity contribution in [2.45, 2.75) is 38.0 Å². The fourth-order valence-corrected chi connectivity index (χ4v) is 3.40. The summed E-state index contributed by atoms with van der Waals surface area (Å²) in [6.07, 6.45) is 0.428. The summed E-state index contributed by atoms with van der Waals surface area (Å²) in [5, 5.41) is 9.48. The van der Waals surface area contributed by atoms with Crippen LogP contribution < -0.4 is 4.90 Å². The van der Waals surface area contributed by atoms with Gasteiger partial charge < -0.3 is 10.0 Å². The summed E-state index contributed by atoms with van der Waals surface area (Å²) in [4.78, 5) is 2.11. The van der Waals surface area contributed by atoms with Gasteiger partial charge in [-0.05, 0) is 31.0 Å². The molecule has 1 aromatic carbocycles. The van der Waals surface area contributed by atoms with Crippen LogP contribution in [0.25, 0.3) is 0 Å². The van der Waals surface area contributed by atoms with Crippen LogP contribution in [0.4, 0.5) is 10.1 Å². The lowest BCUT2D eigenvalue weighted by atomic mass is 10.1. The van der Waals surface area contributed by atoms with Gasteiger partial charge in [0.15, 0.2) is 0 Å². The minimum atomic E-state index is -0.623. The molecule has 1 unspecified atom stereocenters. The van der Waals surface area contributed by atoms with E-state index in [9.17, 15) is 9.50 Å². The van der Waals surface area contributed by atoms with Crippen LogP contribution in [0, 0.1) is 5.82 Å². The topological polar surface area (TPSA) is 23.5 Å². The van der Waals surface area contributed by atoms with E-state index in [0.29, 0.717) is 11.3 Å². The molecule has 2 nitrogen and oxygen atoms in total. The van der Waals surface area contributed by atoms with Crippen molar-refractivity contribution in [2.24, 2.45) is 0 Å². The highest BCUT2D eigenvalue weighted by Gasteiger charge is 2.24. The molecular formula is C15H22FNOS. The zero-order valence-electron chi connectivity index (χ0n) is 11.8. The summed E-state index contributed by atoms with van der Waals surface area (Å²) >= 11 is 1.95. The first kappa shape index (κ1) is 14.7. The third kappa shape index (κ3) is 3.63. The van der Waals surface area contributed by atoms with Crippen LogP contribution in [-0.4, -0.2) is 28.7 Å². The third-order valence-electron chi connectivity index (χ3n) is 3.63. The fourth-order valence-electron chi connectivity index (χ4n) is 2.30. The second-order valence-electron chi connectivity index (χ2n) is 5.73. The maximum absolute atomic E-state index is 14.2. The van der Waals surface area contributed by atoms with Crippen molar-refractivity contribution in [1.29, 1.82) is 0 Å². The summed E-state index contributed by atoms with van der Waals surface area (Å²) in [6, 6.07) is 5.05. The van der Waals surface area contributed by atoms with E-state index < -0.39 is 6.10 Å². The maximum atomic E-state index is 14.2. The smallest absolute Gasteiger partial charge is 0.146 e. The third-order valence-corrected chi connectivity index (χ3v) is 5.00. The number of hydrogen-bond acceptors (Lipinski definition) is 3. The maximum Gasteiger partial charge on any atom is 0.146 e. The Kier molecular flexibility index (Phi) is 4.41. The normalized spacial score (nSPS) is 21.0. The predicted octanol–water partition coefficient (Wildman–Crippen LogP) is 3.60. The van der Waals surface area contributed by atoms with Crippen LogP contribution in [0.2, 0.25) is 0 Å². The molecule has 2 rings (SSSR count). The zero-order valence-corrected chi connectivity index (χ0v) is 12.6. The molecule has 0 amide bonds. The lowest BCUT2D eigenvalue weighted by Crippen LogP contribution is -2.27. The monoisotopic (exact) mass is 283 g/mol. The molecule has 1 aliphatic rings. The van der Waals surface area contributed by atoms with E-state index in [1.165, 1.54) is 6.07 Å². The Bertz CT molecular complexity index is 448. The summed E-state index contributed by atoms with van der Waals surface area (Å²) in [5.41, 5.74) is 1.29. The molecule has 0 spiro atoms. The largest absolute Gasteiger partial charge is 0.389 e. The number of rotatable bonds is 2. The van der Waals surface area contributed by atoms with E-state index >= 15 is 0 Å². The minimum Gasteiger partial charge on any atom is -0.389 e. The first-order chi connectivity index (χ1) is 8.89. The standard InChI is InChI=1S/C15H22FNOS/c1-11(18)12-4-5-14(13(16)10-12)17-7-6-15(2,3)19-9-8-17/h4-5,10-11,18H,6-9H2,1-3H3. The Labute approximate surface area is 119 Å². The molecule has 1 aromatic rings. The van der Waals surface area contributed by atoms with Gasteiger partial charge in [0.25, 0.3) is 0 Å². The second-order valence-corrected chi connectivity index (χ2v) is 7.53. The Balaban J connectivity index is 2.18. The van der Waals surface area contributed by atoms with E-state index in [2.05, 4.69) is 18.7 Å². The fraction of sp³-hybridized carbons (Fsp3) is 0.600. The Morgan fingerprint density at radius 1 is 1.37 bits per heavy atom. The van der Waals surface area contributed by atoms with Crippen LogP contribution in [0.3, 0.4) is 0 Å². The molecule has 1 fully saturated rings. The Morgan fingerprint density at radius 2 is 2.11 bits per heavy atom. The number of aliphatic hydroxyl groups is 1. The average Bonchev–Trinajstić information content (AvgIpc) is 2.50. The van der Waals surface area contributed by atoms with E-state index in [1.807, 2.05) is 17.8 Å². The molecule has 1 aliphatic heterocycles. The van der Waals surface area contributed by atoms with Gasteiger partial charge in [-0.3, -0.25) is 0 Å². The molecule has 0 saturated carbocycles. The quantitative estimate of drug-likeness (QED) is 0.897. The minimum absolute atomic E-state index is 0.233. The molecule has 106 valence electrons. The molecule has 0 aromatic heterocycles. The van der Waals surface area contributed by atoms with Crippen molar-refractivity contribution < 1.29 is 9.50 Å². The highest BCUT2D eigenvalue weighted by atomic mass is 32.2. The molecular weight excluding hydrogens is 261 g/mol. The summed E-state index contributed by atoms with van der Waals surface area (Å²) in [7, 11) is 0. The SMILES string of the molecule is CC(O)c1ccc(N2CCSC(C)(C)CC2)c(F)c1. The van der Waals surface area contributed by atoms with Gasteiger partial charge in [0.05, 0.1) is 11.8 Å². The Hall–Kier alpha value is -0.740. The first-order valence-electron chi connectivity index (χ1n) is 6.75. The summed E-state index contributed by atoms with van der Waals surface area (Å²) < 4.78 is 14.4. The number of nitrogens with zero attached hydrogens (tertiary/aromatic N) is 1. The van der Waals surface area contributed by atoms with Gasteiger partial charge >= 0.3 is 0 Å². The van der Waals surface area contributed by atoms with E-state index in [0.717, 1.165) is 25.3 Å². The van der Waals surface area contributed by atoms with Crippen LogP contribution in [0.1, 0.15) is 38.9 Å². The first-order valence-corrected chi connectivity index (χ1v) is 7.74. The molecule has 1 saturated heterocycles. The number of aliphatic hydroxyl groups excluding tert-OH is 1. The zero-order chi connectivity index (χ0) is 14.0. The van der Waals surface area contributed by atoms with Crippen LogP contribution in [-0.2, 0) is 0 Å². The van der Waals surface area contributed by atoms with Crippen molar-refractivity contribution in [3.63, 3.8) is 0 Å². The molecule has 1 N–H and O–H groups in total. The number of thioether (sulfide) groups is 1. The van der Waals surface area contributed by atoms with Crippen molar-refractivity contribution >= 4 is 17.4 Å². The van der Waals surface area contributed by atoms with Gasteiger partial charge in [0.1, 0.15) is 5.82 Å². The number of hydrogen-bond donors (Lipinski definition) is 1. The van der Waals surface area contributed by atoms with E-state index in [1.54, 1.807) is 13.0 Å². The molecule has 0 radical (unpaired) electrons. The summed E-state index contributed by atoms with van der Waals surface area (Å²) in [5.74, 6) is 0.785. The predicted molar refractivity (Wildman–Crippen MR) is 80.4 cm³/mol. The molecule has 19 heavy (non-hydrogen) atoms. The number of benzene rings is 1. The number of halogens is 1. The Morgan fingerprint density at radius 3 is 2.74 bits per heavy atom.